The standard InChI is InChI=1S/C17H22N4O3/c1-17(2,3)21-15(22)12-8-9-18-16(19-12)20-13-10-11(23-4)6-7-14(13)24-5/h6-10H,1-5H3,(H,21,22)(H,18,19,20). The second-order valence-corrected chi connectivity index (χ2v) is 6.16. The van der Waals surface area contributed by atoms with Gasteiger partial charge < -0.3 is 20.1 Å². The van der Waals surface area contributed by atoms with Crippen molar-refractivity contribution < 1.29 is 14.3 Å². The molecule has 1 amide bonds. The van der Waals surface area contributed by atoms with Crippen molar-refractivity contribution >= 4 is 17.5 Å². The van der Waals surface area contributed by atoms with Crippen LogP contribution in [0.1, 0.15) is 31.3 Å². The molecule has 2 rings (SSSR count). The first kappa shape index (κ1) is 17.5. The molecule has 0 saturated heterocycles. The maximum atomic E-state index is 12.2. The van der Waals surface area contributed by atoms with Gasteiger partial charge in [-0.2, -0.15) is 0 Å². The molecule has 7 nitrogen and oxygen atoms in total. The minimum atomic E-state index is -0.342. The Hall–Kier alpha value is -2.83. The molecule has 0 saturated carbocycles. The van der Waals surface area contributed by atoms with Crippen molar-refractivity contribution in [2.45, 2.75) is 26.3 Å². The van der Waals surface area contributed by atoms with Gasteiger partial charge in [-0.15, -0.1) is 0 Å². The second kappa shape index (κ2) is 7.16. The number of hydrogen-bond acceptors (Lipinski definition) is 6. The quantitative estimate of drug-likeness (QED) is 0.877. The van der Waals surface area contributed by atoms with Gasteiger partial charge in [0.1, 0.15) is 17.2 Å². The van der Waals surface area contributed by atoms with Gasteiger partial charge >= 0.3 is 0 Å². The van der Waals surface area contributed by atoms with Crippen LogP contribution >= 0.6 is 0 Å². The molecule has 0 aliphatic heterocycles. The Morgan fingerprint density at radius 1 is 1.12 bits per heavy atom. The molecular weight excluding hydrogens is 308 g/mol. The highest BCUT2D eigenvalue weighted by Crippen LogP contribution is 2.30. The van der Waals surface area contributed by atoms with Gasteiger partial charge in [0.05, 0.1) is 19.9 Å². The summed E-state index contributed by atoms with van der Waals surface area (Å²) < 4.78 is 10.5. The van der Waals surface area contributed by atoms with Crippen LogP contribution in [0.4, 0.5) is 11.6 Å². The van der Waals surface area contributed by atoms with E-state index in [9.17, 15) is 4.79 Å². The number of carbonyl (C=O) groups excluding carboxylic acids is 1. The van der Waals surface area contributed by atoms with E-state index in [-0.39, 0.29) is 17.1 Å². The molecule has 7 heteroatoms. The molecule has 0 spiro atoms. The van der Waals surface area contributed by atoms with Crippen molar-refractivity contribution in [3.8, 4) is 11.5 Å². The maximum absolute atomic E-state index is 12.2. The SMILES string of the molecule is COc1ccc(OC)c(Nc2nccc(C(=O)NC(C)(C)C)n2)c1. The fourth-order valence-corrected chi connectivity index (χ4v) is 1.98. The number of amides is 1. The maximum Gasteiger partial charge on any atom is 0.270 e. The Balaban J connectivity index is 2.25. The molecule has 0 radical (unpaired) electrons. The fraction of sp³-hybridized carbons (Fsp3) is 0.353. The summed E-state index contributed by atoms with van der Waals surface area (Å²) in [7, 11) is 3.15. The highest BCUT2D eigenvalue weighted by atomic mass is 16.5. The molecule has 0 atom stereocenters. The summed E-state index contributed by atoms with van der Waals surface area (Å²) in [6.07, 6.45) is 1.53. The summed E-state index contributed by atoms with van der Waals surface area (Å²) in [5, 5.41) is 5.91. The zero-order chi connectivity index (χ0) is 17.7. The molecule has 128 valence electrons. The Kier molecular flexibility index (Phi) is 5.23. The lowest BCUT2D eigenvalue weighted by Gasteiger charge is -2.20. The van der Waals surface area contributed by atoms with Crippen LogP contribution in [-0.2, 0) is 0 Å². The van der Waals surface area contributed by atoms with Crippen LogP contribution in [0.15, 0.2) is 30.5 Å². The molecule has 1 aromatic carbocycles. The zero-order valence-electron chi connectivity index (χ0n) is 14.5. The van der Waals surface area contributed by atoms with Gasteiger partial charge in [-0.05, 0) is 39.0 Å². The first-order chi connectivity index (χ1) is 11.3. The zero-order valence-corrected chi connectivity index (χ0v) is 14.5. The van der Waals surface area contributed by atoms with Gasteiger partial charge in [0, 0.05) is 17.8 Å². The second-order valence-electron chi connectivity index (χ2n) is 6.16. The van der Waals surface area contributed by atoms with E-state index < -0.39 is 0 Å². The lowest BCUT2D eigenvalue weighted by molar-refractivity contribution is 0.0914. The van der Waals surface area contributed by atoms with E-state index in [4.69, 9.17) is 9.47 Å². The summed E-state index contributed by atoms with van der Waals surface area (Å²) >= 11 is 0. The number of aromatic nitrogens is 2. The van der Waals surface area contributed by atoms with E-state index in [1.54, 1.807) is 38.5 Å². The van der Waals surface area contributed by atoms with Crippen LogP contribution in [0.2, 0.25) is 0 Å². The van der Waals surface area contributed by atoms with Crippen LogP contribution in [0.5, 0.6) is 11.5 Å². The summed E-state index contributed by atoms with van der Waals surface area (Å²) in [4.78, 5) is 20.6. The number of methoxy groups -OCH3 is 2. The third-order valence-electron chi connectivity index (χ3n) is 3.03. The highest BCUT2D eigenvalue weighted by Gasteiger charge is 2.17. The van der Waals surface area contributed by atoms with Gasteiger partial charge in [-0.25, -0.2) is 9.97 Å². The van der Waals surface area contributed by atoms with Crippen LogP contribution in [-0.4, -0.2) is 35.6 Å². The predicted octanol–water partition coefficient (Wildman–Crippen LogP) is 2.77. The Bertz CT molecular complexity index is 726. The summed E-state index contributed by atoms with van der Waals surface area (Å²) in [6, 6.07) is 6.90. The van der Waals surface area contributed by atoms with E-state index in [0.29, 0.717) is 23.1 Å². The number of nitrogens with zero attached hydrogens (tertiary/aromatic N) is 2. The average molecular weight is 330 g/mol. The van der Waals surface area contributed by atoms with E-state index in [2.05, 4.69) is 20.6 Å². The molecule has 0 bridgehead atoms. The molecule has 0 fully saturated rings. The molecule has 0 aliphatic rings. The van der Waals surface area contributed by atoms with E-state index >= 15 is 0 Å². The summed E-state index contributed by atoms with van der Waals surface area (Å²) in [6.45, 7) is 5.73. The van der Waals surface area contributed by atoms with Crippen LogP contribution in [0, 0.1) is 0 Å². The van der Waals surface area contributed by atoms with Crippen molar-refractivity contribution in [3.63, 3.8) is 0 Å². The highest BCUT2D eigenvalue weighted by molar-refractivity contribution is 5.93. The Morgan fingerprint density at radius 2 is 1.88 bits per heavy atom. The number of ether oxygens (including phenoxy) is 2. The van der Waals surface area contributed by atoms with Crippen LogP contribution in [0.3, 0.4) is 0 Å². The van der Waals surface area contributed by atoms with Crippen molar-refractivity contribution in [2.75, 3.05) is 19.5 Å². The number of rotatable bonds is 5. The van der Waals surface area contributed by atoms with Crippen LogP contribution in [0.25, 0.3) is 0 Å². The first-order valence-corrected chi connectivity index (χ1v) is 7.47. The monoisotopic (exact) mass is 330 g/mol. The largest absolute Gasteiger partial charge is 0.497 e. The van der Waals surface area contributed by atoms with Crippen molar-refractivity contribution in [1.29, 1.82) is 0 Å². The normalized spacial score (nSPS) is 10.9. The molecule has 1 aromatic heterocycles. The number of nitrogens with one attached hydrogen (secondary N) is 2. The number of hydrogen-bond donors (Lipinski definition) is 2. The molecule has 2 N–H and O–H groups in total. The third-order valence-corrected chi connectivity index (χ3v) is 3.03. The lowest BCUT2D eigenvalue weighted by Crippen LogP contribution is -2.41. The summed E-state index contributed by atoms with van der Waals surface area (Å²) in [5.74, 6) is 1.32. The topological polar surface area (TPSA) is 85.4 Å². The summed E-state index contributed by atoms with van der Waals surface area (Å²) in [5.41, 5.74) is 0.584. The number of benzene rings is 1. The lowest BCUT2D eigenvalue weighted by atomic mass is 10.1. The molecule has 1 heterocycles. The van der Waals surface area contributed by atoms with E-state index in [1.807, 2.05) is 20.8 Å². The third kappa shape index (κ3) is 4.58. The minimum absolute atomic E-state index is 0.259. The minimum Gasteiger partial charge on any atom is -0.497 e. The molecule has 0 aliphatic carbocycles. The van der Waals surface area contributed by atoms with Gasteiger partial charge in [-0.1, -0.05) is 0 Å². The molecule has 0 unspecified atom stereocenters. The van der Waals surface area contributed by atoms with Gasteiger partial charge in [-0.3, -0.25) is 4.79 Å². The van der Waals surface area contributed by atoms with Crippen molar-refractivity contribution in [2.24, 2.45) is 0 Å². The smallest absolute Gasteiger partial charge is 0.270 e. The van der Waals surface area contributed by atoms with E-state index in [0.717, 1.165) is 0 Å². The fourth-order valence-electron chi connectivity index (χ4n) is 1.98. The Labute approximate surface area is 141 Å². The van der Waals surface area contributed by atoms with E-state index in [1.165, 1.54) is 6.20 Å². The first-order valence-electron chi connectivity index (χ1n) is 7.47. The van der Waals surface area contributed by atoms with Gasteiger partial charge in [0.25, 0.3) is 5.91 Å². The number of anilines is 2. The van der Waals surface area contributed by atoms with Crippen molar-refractivity contribution in [3.05, 3.63) is 36.2 Å². The van der Waals surface area contributed by atoms with Gasteiger partial charge in [0.2, 0.25) is 5.95 Å². The molecule has 2 aromatic rings. The van der Waals surface area contributed by atoms with Crippen molar-refractivity contribution in [1.82, 2.24) is 15.3 Å². The molecular formula is C17H22N4O3. The Morgan fingerprint density at radius 3 is 2.50 bits per heavy atom. The predicted molar refractivity (Wildman–Crippen MR) is 92.1 cm³/mol. The molecule has 24 heavy (non-hydrogen) atoms. The van der Waals surface area contributed by atoms with Crippen LogP contribution < -0.4 is 20.1 Å². The van der Waals surface area contributed by atoms with Gasteiger partial charge in [0.15, 0.2) is 0 Å². The number of carbonyl (C=O) groups is 1. The average Bonchev–Trinajstić information content (AvgIpc) is 2.53.